The zero-order chi connectivity index (χ0) is 18.0. The lowest BCUT2D eigenvalue weighted by molar-refractivity contribution is -0.137. The Morgan fingerprint density at radius 2 is 1.88 bits per heavy atom. The summed E-state index contributed by atoms with van der Waals surface area (Å²) in [7, 11) is -4.04. The molecule has 0 unspecified atom stereocenters. The Hall–Kier alpha value is -0.540. The lowest BCUT2D eigenvalue weighted by atomic mass is 9.98. The Labute approximate surface area is 157 Å². The first-order chi connectivity index (χ1) is 11.2. The average molecular weight is 421 g/mol. The van der Waals surface area contributed by atoms with Gasteiger partial charge in [0.2, 0.25) is 10.0 Å². The van der Waals surface area contributed by atoms with E-state index in [1.165, 1.54) is 4.31 Å². The molecule has 1 aliphatic rings. The maximum atomic E-state index is 12.8. The fraction of sp³-hybridized carbons (Fsp3) is 0.600. The molecule has 0 bridgehead atoms. The van der Waals surface area contributed by atoms with Crippen LogP contribution in [0.2, 0.25) is 5.02 Å². The maximum absolute atomic E-state index is 12.8. The zero-order valence-corrected chi connectivity index (χ0v) is 16.0. The van der Waals surface area contributed by atoms with Crippen LogP contribution in [-0.2, 0) is 16.2 Å². The molecule has 1 heterocycles. The molecule has 1 N–H and O–H groups in total. The molecule has 10 heteroatoms. The van der Waals surface area contributed by atoms with Crippen molar-refractivity contribution in [2.24, 2.45) is 5.92 Å². The highest BCUT2D eigenvalue weighted by atomic mass is 35.5. The molecule has 1 saturated heterocycles. The maximum Gasteiger partial charge on any atom is 0.416 e. The first-order valence-corrected chi connectivity index (χ1v) is 9.55. The highest BCUT2D eigenvalue weighted by Gasteiger charge is 2.35. The molecule has 0 aromatic heterocycles. The summed E-state index contributed by atoms with van der Waals surface area (Å²) in [4.78, 5) is -0.482. The first-order valence-electron chi connectivity index (χ1n) is 7.74. The van der Waals surface area contributed by atoms with Crippen molar-refractivity contribution in [2.75, 3.05) is 26.2 Å². The van der Waals surface area contributed by atoms with Gasteiger partial charge in [-0.2, -0.15) is 17.5 Å². The Morgan fingerprint density at radius 1 is 1.28 bits per heavy atom. The van der Waals surface area contributed by atoms with Crippen molar-refractivity contribution in [3.63, 3.8) is 0 Å². The number of hydrogen-bond donors (Lipinski definition) is 1. The van der Waals surface area contributed by atoms with Crippen LogP contribution in [-0.4, -0.2) is 38.9 Å². The molecule has 0 spiro atoms. The van der Waals surface area contributed by atoms with Crippen LogP contribution in [0.15, 0.2) is 23.1 Å². The molecule has 144 valence electrons. The number of nitrogens with one attached hydrogen (secondary N) is 1. The van der Waals surface area contributed by atoms with E-state index in [9.17, 15) is 21.6 Å². The summed E-state index contributed by atoms with van der Waals surface area (Å²) in [5.41, 5.74) is -1.02. The Bertz CT molecular complexity index is 676. The van der Waals surface area contributed by atoms with Gasteiger partial charge in [-0.05, 0) is 50.0 Å². The average Bonchev–Trinajstić information content (AvgIpc) is 2.52. The molecule has 2 rings (SSSR count). The standard InChI is InChI=1S/C15H20ClF3N2O2S.ClH/c1-2-20-10-11-5-7-21(8-6-11)24(22,23)14-9-12(15(17,18)19)3-4-13(14)16;/h3-4,9,11,20H,2,5-8,10H2,1H3;1H. The number of sulfonamides is 1. The third kappa shape index (κ3) is 5.47. The predicted octanol–water partition coefficient (Wildman–Crippen LogP) is 3.79. The van der Waals surface area contributed by atoms with Crippen LogP contribution in [0.4, 0.5) is 13.2 Å². The van der Waals surface area contributed by atoms with Crippen molar-refractivity contribution in [3.05, 3.63) is 28.8 Å². The molecule has 4 nitrogen and oxygen atoms in total. The van der Waals surface area contributed by atoms with Crippen molar-refractivity contribution in [3.8, 4) is 0 Å². The van der Waals surface area contributed by atoms with E-state index in [1.807, 2.05) is 6.92 Å². The van der Waals surface area contributed by atoms with Crippen molar-refractivity contribution in [2.45, 2.75) is 30.8 Å². The summed E-state index contributed by atoms with van der Waals surface area (Å²) in [5.74, 6) is 0.369. The largest absolute Gasteiger partial charge is 0.416 e. The summed E-state index contributed by atoms with van der Waals surface area (Å²) in [6, 6.07) is 2.38. The Kier molecular flexibility index (Phi) is 8.01. The smallest absolute Gasteiger partial charge is 0.317 e. The molecular weight excluding hydrogens is 400 g/mol. The number of piperidine rings is 1. The summed E-state index contributed by atoms with van der Waals surface area (Å²) in [6.07, 6.45) is -3.28. The van der Waals surface area contributed by atoms with Crippen LogP contribution >= 0.6 is 24.0 Å². The summed E-state index contributed by atoms with van der Waals surface area (Å²) in [5, 5.41) is 3.03. The van der Waals surface area contributed by atoms with E-state index in [1.54, 1.807) is 0 Å². The number of hydrogen-bond acceptors (Lipinski definition) is 3. The van der Waals surface area contributed by atoms with Crippen molar-refractivity contribution >= 4 is 34.0 Å². The second-order valence-electron chi connectivity index (χ2n) is 5.80. The highest BCUT2D eigenvalue weighted by molar-refractivity contribution is 7.89. The molecule has 1 aromatic carbocycles. The third-order valence-corrected chi connectivity index (χ3v) is 6.51. The first kappa shape index (κ1) is 22.5. The molecule has 25 heavy (non-hydrogen) atoms. The molecule has 0 amide bonds. The minimum Gasteiger partial charge on any atom is -0.317 e. The van der Waals surface area contributed by atoms with Crippen molar-refractivity contribution in [1.29, 1.82) is 0 Å². The van der Waals surface area contributed by atoms with Gasteiger partial charge in [-0.15, -0.1) is 12.4 Å². The van der Waals surface area contributed by atoms with Crippen LogP contribution < -0.4 is 5.32 Å². The second kappa shape index (κ2) is 8.90. The van der Waals surface area contributed by atoms with E-state index in [0.717, 1.165) is 25.2 Å². The number of benzene rings is 1. The number of halogens is 5. The van der Waals surface area contributed by atoms with Crippen LogP contribution in [0.1, 0.15) is 25.3 Å². The Morgan fingerprint density at radius 3 is 2.40 bits per heavy atom. The van der Waals surface area contributed by atoms with E-state index in [0.29, 0.717) is 24.8 Å². The van der Waals surface area contributed by atoms with Gasteiger partial charge in [0.1, 0.15) is 4.90 Å². The lowest BCUT2D eigenvalue weighted by Gasteiger charge is -2.31. The van der Waals surface area contributed by atoms with Gasteiger partial charge in [-0.1, -0.05) is 18.5 Å². The van der Waals surface area contributed by atoms with E-state index in [2.05, 4.69) is 5.32 Å². The molecular formula is C15H21Cl2F3N2O2S. The van der Waals surface area contributed by atoms with Gasteiger partial charge in [0, 0.05) is 13.1 Å². The molecule has 0 atom stereocenters. The van der Waals surface area contributed by atoms with Gasteiger partial charge < -0.3 is 5.32 Å². The summed E-state index contributed by atoms with van der Waals surface area (Å²) < 4.78 is 65.1. The van der Waals surface area contributed by atoms with Gasteiger partial charge in [0.25, 0.3) is 0 Å². The van der Waals surface area contributed by atoms with Crippen LogP contribution in [0.3, 0.4) is 0 Å². The van der Waals surface area contributed by atoms with Gasteiger partial charge >= 0.3 is 6.18 Å². The molecule has 1 fully saturated rings. The number of rotatable bonds is 5. The van der Waals surface area contributed by atoms with Crippen LogP contribution in [0.5, 0.6) is 0 Å². The molecule has 0 saturated carbocycles. The Balaban J connectivity index is 0.00000312. The summed E-state index contributed by atoms with van der Waals surface area (Å²) >= 11 is 5.86. The quantitative estimate of drug-likeness (QED) is 0.787. The third-order valence-electron chi connectivity index (χ3n) is 4.13. The van der Waals surface area contributed by atoms with E-state index < -0.39 is 26.7 Å². The lowest BCUT2D eigenvalue weighted by Crippen LogP contribution is -2.40. The van der Waals surface area contributed by atoms with Crippen LogP contribution in [0, 0.1) is 5.92 Å². The molecule has 0 aliphatic carbocycles. The van der Waals surface area contributed by atoms with Gasteiger partial charge in [-0.3, -0.25) is 0 Å². The van der Waals surface area contributed by atoms with Crippen molar-refractivity contribution in [1.82, 2.24) is 9.62 Å². The highest BCUT2D eigenvalue weighted by Crippen LogP contribution is 2.35. The van der Waals surface area contributed by atoms with Gasteiger partial charge in [-0.25, -0.2) is 8.42 Å². The summed E-state index contributed by atoms with van der Waals surface area (Å²) in [6.45, 7) is 4.22. The van der Waals surface area contributed by atoms with E-state index in [4.69, 9.17) is 11.6 Å². The van der Waals surface area contributed by atoms with Crippen LogP contribution in [0.25, 0.3) is 0 Å². The van der Waals surface area contributed by atoms with Gasteiger partial charge in [0.05, 0.1) is 10.6 Å². The zero-order valence-electron chi connectivity index (χ0n) is 13.6. The van der Waals surface area contributed by atoms with Gasteiger partial charge in [0.15, 0.2) is 0 Å². The SMILES string of the molecule is CCNCC1CCN(S(=O)(=O)c2cc(C(F)(F)F)ccc2Cl)CC1.Cl. The monoisotopic (exact) mass is 420 g/mol. The van der Waals surface area contributed by atoms with E-state index in [-0.39, 0.29) is 30.5 Å². The fourth-order valence-electron chi connectivity index (χ4n) is 2.72. The number of nitrogens with zero attached hydrogens (tertiary/aromatic N) is 1. The molecule has 1 aliphatic heterocycles. The normalized spacial score (nSPS) is 17.3. The minimum atomic E-state index is -4.62. The second-order valence-corrected chi connectivity index (χ2v) is 8.11. The fourth-order valence-corrected chi connectivity index (χ4v) is 4.69. The molecule has 0 radical (unpaired) electrons. The molecule has 1 aromatic rings. The predicted molar refractivity (Wildman–Crippen MR) is 93.7 cm³/mol. The number of alkyl halides is 3. The topological polar surface area (TPSA) is 49.4 Å². The minimum absolute atomic E-state index is 0. The van der Waals surface area contributed by atoms with Crippen molar-refractivity contribution < 1.29 is 21.6 Å². The van der Waals surface area contributed by atoms with E-state index >= 15 is 0 Å².